The summed E-state index contributed by atoms with van der Waals surface area (Å²) >= 11 is 0. The largest absolute Gasteiger partial charge is 0.476 e. The van der Waals surface area contributed by atoms with E-state index in [9.17, 15) is 4.79 Å². The summed E-state index contributed by atoms with van der Waals surface area (Å²) in [6, 6.07) is 6.07. The van der Waals surface area contributed by atoms with E-state index >= 15 is 0 Å². The van der Waals surface area contributed by atoms with Gasteiger partial charge < -0.3 is 14.4 Å². The maximum Gasteiger partial charge on any atom is 0.349 e. The summed E-state index contributed by atoms with van der Waals surface area (Å²) in [7, 11) is 0. The van der Waals surface area contributed by atoms with Crippen molar-refractivity contribution in [3.63, 3.8) is 0 Å². The van der Waals surface area contributed by atoms with Crippen molar-refractivity contribution in [2.24, 2.45) is 5.92 Å². The number of carbonyl (C=O) groups excluding carboxylic acids is 1. The fraction of sp³-hybridized carbons (Fsp3) is 0.650. The second-order valence-corrected chi connectivity index (χ2v) is 7.55. The van der Waals surface area contributed by atoms with Crippen molar-refractivity contribution in [2.75, 3.05) is 24.6 Å². The molecule has 4 nitrogen and oxygen atoms in total. The molecule has 0 spiro atoms. The Morgan fingerprint density at radius 1 is 1.21 bits per heavy atom. The molecule has 0 saturated carbocycles. The number of hydrogen-bond acceptors (Lipinski definition) is 4. The van der Waals surface area contributed by atoms with Gasteiger partial charge in [-0.1, -0.05) is 19.9 Å². The zero-order chi connectivity index (χ0) is 17.7. The molecule has 134 valence electrons. The van der Waals surface area contributed by atoms with Crippen LogP contribution in [0.1, 0.15) is 52.5 Å². The van der Waals surface area contributed by atoms with Crippen molar-refractivity contribution in [1.29, 1.82) is 0 Å². The summed E-state index contributed by atoms with van der Waals surface area (Å²) in [6.07, 6.45) is 3.77. The van der Waals surface area contributed by atoms with Crippen LogP contribution < -0.4 is 9.64 Å². The van der Waals surface area contributed by atoms with E-state index in [1.165, 1.54) is 24.9 Å². The van der Waals surface area contributed by atoms with E-state index in [4.69, 9.17) is 9.47 Å². The molecule has 1 saturated heterocycles. The summed E-state index contributed by atoms with van der Waals surface area (Å²) in [6.45, 7) is 12.2. The van der Waals surface area contributed by atoms with Gasteiger partial charge in [0.15, 0.2) is 5.60 Å². The van der Waals surface area contributed by atoms with Crippen LogP contribution in [-0.4, -0.2) is 31.3 Å². The third kappa shape index (κ3) is 4.65. The zero-order valence-corrected chi connectivity index (χ0v) is 15.7. The highest BCUT2D eigenvalue weighted by molar-refractivity contribution is 5.79. The maximum absolute atomic E-state index is 12.3. The molecule has 1 heterocycles. The minimum absolute atomic E-state index is 0.314. The average molecular weight is 333 g/mol. The van der Waals surface area contributed by atoms with E-state index in [2.05, 4.69) is 17.9 Å². The van der Waals surface area contributed by atoms with E-state index < -0.39 is 5.60 Å². The Hall–Kier alpha value is -1.71. The van der Waals surface area contributed by atoms with Crippen LogP contribution >= 0.6 is 0 Å². The lowest BCUT2D eigenvalue weighted by atomic mass is 10.1. The third-order valence-corrected chi connectivity index (χ3v) is 4.36. The van der Waals surface area contributed by atoms with Crippen molar-refractivity contribution in [1.82, 2.24) is 0 Å². The molecular formula is C20H31NO3. The first-order valence-corrected chi connectivity index (χ1v) is 9.02. The highest BCUT2D eigenvalue weighted by Crippen LogP contribution is 2.32. The first-order valence-electron chi connectivity index (χ1n) is 9.02. The van der Waals surface area contributed by atoms with Crippen molar-refractivity contribution in [3.8, 4) is 5.75 Å². The zero-order valence-electron chi connectivity index (χ0n) is 15.7. The number of piperidine rings is 1. The molecule has 24 heavy (non-hydrogen) atoms. The predicted molar refractivity (Wildman–Crippen MR) is 97.7 cm³/mol. The molecule has 0 N–H and O–H groups in total. The summed E-state index contributed by atoms with van der Waals surface area (Å²) in [5.41, 5.74) is 1.29. The molecule has 0 atom stereocenters. The van der Waals surface area contributed by atoms with Crippen LogP contribution in [0.3, 0.4) is 0 Å². The average Bonchev–Trinajstić information content (AvgIpc) is 2.55. The van der Waals surface area contributed by atoms with Crippen LogP contribution in [0.15, 0.2) is 18.2 Å². The Morgan fingerprint density at radius 3 is 2.50 bits per heavy atom. The molecule has 1 aromatic carbocycles. The van der Waals surface area contributed by atoms with Crippen molar-refractivity contribution < 1.29 is 14.3 Å². The Bertz CT molecular complexity index is 560. The lowest BCUT2D eigenvalue weighted by Crippen LogP contribution is -2.40. The second-order valence-electron chi connectivity index (χ2n) is 7.55. The van der Waals surface area contributed by atoms with E-state index in [1.54, 1.807) is 13.8 Å². The molecule has 1 aromatic rings. The van der Waals surface area contributed by atoms with E-state index in [1.807, 2.05) is 26.0 Å². The minimum Gasteiger partial charge on any atom is -0.476 e. The number of anilines is 1. The van der Waals surface area contributed by atoms with E-state index in [-0.39, 0.29) is 5.97 Å². The molecule has 0 unspecified atom stereocenters. The molecule has 0 amide bonds. The van der Waals surface area contributed by atoms with Crippen LogP contribution in [-0.2, 0) is 9.53 Å². The van der Waals surface area contributed by atoms with Gasteiger partial charge in [-0.15, -0.1) is 0 Å². The first-order chi connectivity index (χ1) is 11.3. The van der Waals surface area contributed by atoms with E-state index in [0.717, 1.165) is 24.4 Å². The van der Waals surface area contributed by atoms with Crippen molar-refractivity contribution in [3.05, 3.63) is 23.8 Å². The number of carbonyl (C=O) groups is 1. The summed E-state index contributed by atoms with van der Waals surface area (Å²) in [5, 5.41) is 0. The molecule has 4 heteroatoms. The maximum atomic E-state index is 12.3. The van der Waals surface area contributed by atoms with Crippen LogP contribution in [0.5, 0.6) is 5.75 Å². The number of nitrogens with zero attached hydrogens (tertiary/aromatic N) is 1. The lowest BCUT2D eigenvalue weighted by Gasteiger charge is -2.32. The number of ether oxygens (including phenoxy) is 2. The fourth-order valence-electron chi connectivity index (χ4n) is 2.92. The van der Waals surface area contributed by atoms with Gasteiger partial charge >= 0.3 is 5.97 Å². The standard InChI is InChI=1S/C20H31NO3/c1-15(2)14-23-19(22)20(4,5)24-18-11-9-10-17(16(18)3)21-12-7-6-8-13-21/h9-11,15H,6-8,12-14H2,1-5H3. The molecule has 2 rings (SSSR count). The highest BCUT2D eigenvalue weighted by atomic mass is 16.6. The van der Waals surface area contributed by atoms with Gasteiger partial charge in [-0.3, -0.25) is 0 Å². The Morgan fingerprint density at radius 2 is 1.88 bits per heavy atom. The normalized spacial score (nSPS) is 15.5. The number of esters is 1. The smallest absolute Gasteiger partial charge is 0.349 e. The van der Waals surface area contributed by atoms with Gasteiger partial charge in [0.2, 0.25) is 0 Å². The molecule has 0 bridgehead atoms. The summed E-state index contributed by atoms with van der Waals surface area (Å²) in [4.78, 5) is 14.7. The Labute approximate surface area is 146 Å². The predicted octanol–water partition coefficient (Wildman–Crippen LogP) is 4.34. The number of hydrogen-bond donors (Lipinski definition) is 0. The monoisotopic (exact) mass is 333 g/mol. The van der Waals surface area contributed by atoms with Crippen LogP contribution in [0.4, 0.5) is 5.69 Å². The van der Waals surface area contributed by atoms with E-state index in [0.29, 0.717) is 12.5 Å². The summed E-state index contributed by atoms with van der Waals surface area (Å²) in [5.74, 6) is 0.748. The van der Waals surface area contributed by atoms with Gasteiger partial charge in [0.05, 0.1) is 6.61 Å². The lowest BCUT2D eigenvalue weighted by molar-refractivity contribution is -0.160. The molecule has 1 aliphatic heterocycles. The first kappa shape index (κ1) is 18.6. The molecular weight excluding hydrogens is 302 g/mol. The quantitative estimate of drug-likeness (QED) is 0.726. The van der Waals surface area contributed by atoms with Gasteiger partial charge in [-0.05, 0) is 58.1 Å². The highest BCUT2D eigenvalue weighted by Gasteiger charge is 2.33. The number of rotatable bonds is 6. The molecule has 0 aliphatic carbocycles. The van der Waals surface area contributed by atoms with Crippen molar-refractivity contribution in [2.45, 2.75) is 59.5 Å². The number of benzene rings is 1. The van der Waals surface area contributed by atoms with Gasteiger partial charge in [-0.25, -0.2) is 4.79 Å². The van der Waals surface area contributed by atoms with Crippen LogP contribution in [0.25, 0.3) is 0 Å². The molecule has 1 fully saturated rings. The molecule has 1 aliphatic rings. The summed E-state index contributed by atoms with van der Waals surface area (Å²) < 4.78 is 11.4. The third-order valence-electron chi connectivity index (χ3n) is 4.36. The second kappa shape index (κ2) is 7.91. The van der Waals surface area contributed by atoms with Crippen LogP contribution in [0, 0.1) is 12.8 Å². The van der Waals surface area contributed by atoms with Gasteiger partial charge in [0, 0.05) is 24.3 Å². The van der Waals surface area contributed by atoms with Gasteiger partial charge in [0.1, 0.15) is 5.75 Å². The Kier molecular flexibility index (Phi) is 6.14. The van der Waals surface area contributed by atoms with Gasteiger partial charge in [0.25, 0.3) is 0 Å². The fourth-order valence-corrected chi connectivity index (χ4v) is 2.92. The molecule has 0 aromatic heterocycles. The molecule has 0 radical (unpaired) electrons. The Balaban J connectivity index is 2.12. The topological polar surface area (TPSA) is 38.8 Å². The van der Waals surface area contributed by atoms with Crippen molar-refractivity contribution >= 4 is 11.7 Å². The van der Waals surface area contributed by atoms with Gasteiger partial charge in [-0.2, -0.15) is 0 Å². The minimum atomic E-state index is -1.000. The van der Waals surface area contributed by atoms with Crippen LogP contribution in [0.2, 0.25) is 0 Å². The SMILES string of the molecule is Cc1c(OC(C)(C)C(=O)OCC(C)C)cccc1N1CCCCC1.